The van der Waals surface area contributed by atoms with Crippen LogP contribution >= 0.6 is 7.82 Å². The molecular formula is C83H138NO8P. The van der Waals surface area contributed by atoms with E-state index in [1.165, 1.54) is 148 Å². The van der Waals surface area contributed by atoms with Crippen molar-refractivity contribution in [1.29, 1.82) is 0 Å². The first-order valence-electron chi connectivity index (χ1n) is 37.6. The van der Waals surface area contributed by atoms with Crippen LogP contribution in [0.15, 0.2) is 170 Å². The number of nitrogens with two attached hydrogens (primary N) is 1. The fourth-order valence-corrected chi connectivity index (χ4v) is 10.9. The van der Waals surface area contributed by atoms with Crippen LogP contribution in [0, 0.1) is 0 Å². The van der Waals surface area contributed by atoms with Crippen molar-refractivity contribution < 1.29 is 37.6 Å². The molecule has 0 heterocycles. The van der Waals surface area contributed by atoms with Crippen molar-refractivity contribution in [3.05, 3.63) is 170 Å². The van der Waals surface area contributed by atoms with Gasteiger partial charge in [0.05, 0.1) is 13.2 Å². The highest BCUT2D eigenvalue weighted by atomic mass is 31.2. The second-order valence-corrected chi connectivity index (χ2v) is 25.9. The van der Waals surface area contributed by atoms with E-state index < -0.39 is 26.5 Å². The monoisotopic (exact) mass is 1310 g/mol. The molecule has 0 amide bonds. The zero-order valence-corrected chi connectivity index (χ0v) is 60.3. The Morgan fingerprint density at radius 1 is 0.323 bits per heavy atom. The van der Waals surface area contributed by atoms with E-state index in [0.717, 1.165) is 128 Å². The predicted octanol–water partition coefficient (Wildman–Crippen LogP) is 25.3. The van der Waals surface area contributed by atoms with Gasteiger partial charge in [0.25, 0.3) is 0 Å². The molecule has 0 aliphatic heterocycles. The summed E-state index contributed by atoms with van der Waals surface area (Å²) in [7, 11) is -4.41. The SMILES string of the molecule is CC/C=C\C/C=C\C/C=C\C/C=C\C/C=C\C/C=C\C/C=C\C/C=C\CCCCCCCCCCCCCCCCCCC(=O)OC(COC(=O)CCCCCCCCCCCCCC/C=C\C/C=C\C/C=C\C/C=C\C/C=C\C/C=C\CC)COP(=O)(O)OCCN. The minimum absolute atomic E-state index is 0.0473. The second-order valence-electron chi connectivity index (χ2n) is 24.4. The minimum atomic E-state index is -4.41. The summed E-state index contributed by atoms with van der Waals surface area (Å²) >= 11 is 0. The van der Waals surface area contributed by atoms with Crippen LogP contribution < -0.4 is 5.73 Å². The van der Waals surface area contributed by atoms with Gasteiger partial charge in [-0.05, 0) is 128 Å². The number of carbonyl (C=O) groups excluding carboxylic acids is 2. The second kappa shape index (κ2) is 76.4. The van der Waals surface area contributed by atoms with Crippen molar-refractivity contribution in [2.24, 2.45) is 5.73 Å². The number of hydrogen-bond donors (Lipinski definition) is 2. The summed E-state index contributed by atoms with van der Waals surface area (Å²) in [6, 6.07) is 0. The van der Waals surface area contributed by atoms with E-state index in [4.69, 9.17) is 24.3 Å². The summed E-state index contributed by atoms with van der Waals surface area (Å²) in [5.74, 6) is -0.830. The van der Waals surface area contributed by atoms with Gasteiger partial charge in [-0.3, -0.25) is 18.6 Å². The van der Waals surface area contributed by atoms with Crippen LogP contribution in [0.1, 0.15) is 309 Å². The Balaban J connectivity index is 3.89. The average Bonchev–Trinajstić information content (AvgIpc) is 3.49. The highest BCUT2D eigenvalue weighted by Gasteiger charge is 2.26. The van der Waals surface area contributed by atoms with Gasteiger partial charge >= 0.3 is 19.8 Å². The number of phosphoric acid groups is 1. The fourth-order valence-electron chi connectivity index (χ4n) is 10.1. The van der Waals surface area contributed by atoms with Crippen LogP contribution in [0.3, 0.4) is 0 Å². The highest BCUT2D eigenvalue weighted by molar-refractivity contribution is 7.47. The van der Waals surface area contributed by atoms with E-state index in [9.17, 15) is 19.0 Å². The predicted molar refractivity (Wildman–Crippen MR) is 403 cm³/mol. The third kappa shape index (κ3) is 76.3. The number of allylic oxidation sites excluding steroid dienone is 28. The molecule has 0 aliphatic carbocycles. The maximum atomic E-state index is 12.8. The average molecular weight is 1310 g/mol. The van der Waals surface area contributed by atoms with Gasteiger partial charge in [0.15, 0.2) is 6.10 Å². The number of esters is 2. The number of phosphoric ester groups is 1. The Morgan fingerprint density at radius 2 is 0.559 bits per heavy atom. The molecule has 0 fully saturated rings. The molecule has 0 saturated carbocycles. The lowest BCUT2D eigenvalue weighted by atomic mass is 10.0. The van der Waals surface area contributed by atoms with Gasteiger partial charge in [0, 0.05) is 19.4 Å². The standard InChI is InChI=1S/C83H138NO8P/c1-3-5-7-9-11-13-15-17-19-21-23-25-27-29-31-33-35-36-37-38-39-40-41-42-43-44-46-48-50-52-54-56-58-60-62-64-66-68-70-72-74-76-83(86)92-81(80-91-93(87,88)90-78-77-84)79-89-82(85)75-73-71-69-67-65-63-61-59-57-55-53-51-49-47-45-34-32-30-28-26-24-22-20-18-16-14-12-10-8-6-4-2/h5-8,11-14,17-20,23-26,29-32,35-36,38-39,41-42,45,47,81H,3-4,9-10,15-16,21-22,27-28,33-34,37,40,43-44,46,48-80,84H2,1-2H3,(H,87,88)/b7-5-,8-6-,13-11-,14-12-,19-17-,20-18-,25-23-,26-24-,31-29-,32-30-,36-35-,39-38-,42-41-,47-45-. The van der Waals surface area contributed by atoms with E-state index in [0.29, 0.717) is 6.42 Å². The van der Waals surface area contributed by atoms with Crippen LogP contribution in [0.2, 0.25) is 0 Å². The molecule has 0 aromatic carbocycles. The third-order valence-corrected chi connectivity index (χ3v) is 16.6. The van der Waals surface area contributed by atoms with Crippen LogP contribution in [-0.2, 0) is 32.7 Å². The van der Waals surface area contributed by atoms with Crippen molar-refractivity contribution in [1.82, 2.24) is 0 Å². The summed E-state index contributed by atoms with van der Waals surface area (Å²) in [5, 5.41) is 0. The van der Waals surface area contributed by atoms with E-state index in [2.05, 4.69) is 184 Å². The lowest BCUT2D eigenvalue weighted by Crippen LogP contribution is -2.29. The van der Waals surface area contributed by atoms with Gasteiger partial charge in [0.2, 0.25) is 0 Å². The summed E-state index contributed by atoms with van der Waals surface area (Å²) in [6.07, 6.45) is 113. The van der Waals surface area contributed by atoms with Crippen molar-refractivity contribution in [3.63, 3.8) is 0 Å². The van der Waals surface area contributed by atoms with E-state index in [1.807, 2.05) is 0 Å². The van der Waals surface area contributed by atoms with Gasteiger partial charge in [-0.2, -0.15) is 0 Å². The molecule has 9 nitrogen and oxygen atoms in total. The number of unbranched alkanes of at least 4 members (excludes halogenated alkanes) is 28. The summed E-state index contributed by atoms with van der Waals surface area (Å²) in [4.78, 5) is 35.4. The minimum Gasteiger partial charge on any atom is -0.462 e. The fraction of sp³-hybridized carbons (Fsp3) is 0.639. The molecule has 3 N–H and O–H groups in total. The largest absolute Gasteiger partial charge is 0.472 e. The molecule has 93 heavy (non-hydrogen) atoms. The van der Waals surface area contributed by atoms with E-state index in [-0.39, 0.29) is 38.6 Å². The quantitative estimate of drug-likeness (QED) is 0.0264. The lowest BCUT2D eigenvalue weighted by Gasteiger charge is -2.19. The molecule has 0 aromatic rings. The Kier molecular flexibility index (Phi) is 72.6. The zero-order chi connectivity index (χ0) is 67.2. The summed E-state index contributed by atoms with van der Waals surface area (Å²) in [5.41, 5.74) is 5.41. The first-order valence-corrected chi connectivity index (χ1v) is 39.1. The van der Waals surface area contributed by atoms with Crippen LogP contribution in [0.5, 0.6) is 0 Å². The Morgan fingerprint density at radius 3 is 0.828 bits per heavy atom. The normalized spacial score (nSPS) is 13.9. The molecule has 0 aliphatic rings. The number of carbonyl (C=O) groups is 2. The van der Waals surface area contributed by atoms with Crippen molar-refractivity contribution in [3.8, 4) is 0 Å². The Labute approximate surface area is 571 Å². The van der Waals surface area contributed by atoms with Crippen molar-refractivity contribution in [2.45, 2.75) is 315 Å². The van der Waals surface area contributed by atoms with E-state index >= 15 is 0 Å². The number of hydrogen-bond acceptors (Lipinski definition) is 8. The molecule has 0 saturated heterocycles. The molecule has 2 atom stereocenters. The maximum absolute atomic E-state index is 12.8. The summed E-state index contributed by atoms with van der Waals surface area (Å²) in [6.45, 7) is 3.53. The van der Waals surface area contributed by atoms with Crippen molar-refractivity contribution in [2.75, 3.05) is 26.4 Å². The lowest BCUT2D eigenvalue weighted by molar-refractivity contribution is -0.161. The molecule has 0 bridgehead atoms. The highest BCUT2D eigenvalue weighted by Crippen LogP contribution is 2.43. The van der Waals surface area contributed by atoms with Gasteiger partial charge in [-0.25, -0.2) is 4.57 Å². The molecule has 0 aromatic heterocycles. The maximum Gasteiger partial charge on any atom is 0.472 e. The third-order valence-electron chi connectivity index (χ3n) is 15.6. The molecule has 2 unspecified atom stereocenters. The van der Waals surface area contributed by atoms with E-state index in [1.54, 1.807) is 0 Å². The first kappa shape index (κ1) is 88.4. The van der Waals surface area contributed by atoms with Crippen LogP contribution in [-0.4, -0.2) is 49.3 Å². The van der Waals surface area contributed by atoms with Gasteiger partial charge in [0.1, 0.15) is 6.61 Å². The molecular weight excluding hydrogens is 1170 g/mol. The van der Waals surface area contributed by atoms with Crippen LogP contribution in [0.4, 0.5) is 0 Å². The smallest absolute Gasteiger partial charge is 0.462 e. The van der Waals surface area contributed by atoms with Gasteiger partial charge in [-0.1, -0.05) is 338 Å². The number of rotatable bonds is 69. The molecule has 528 valence electrons. The topological polar surface area (TPSA) is 134 Å². The molecule has 0 spiro atoms. The first-order chi connectivity index (χ1) is 45.8. The van der Waals surface area contributed by atoms with Gasteiger partial charge < -0.3 is 20.1 Å². The molecule has 0 rings (SSSR count). The molecule has 10 heteroatoms. The Hall–Kier alpha value is -4.63. The van der Waals surface area contributed by atoms with Crippen molar-refractivity contribution >= 4 is 19.8 Å². The van der Waals surface area contributed by atoms with Gasteiger partial charge in [-0.15, -0.1) is 0 Å². The van der Waals surface area contributed by atoms with Crippen LogP contribution in [0.25, 0.3) is 0 Å². The number of ether oxygens (including phenoxy) is 2. The molecule has 0 radical (unpaired) electrons. The Bertz CT molecular complexity index is 2140. The summed E-state index contributed by atoms with van der Waals surface area (Å²) < 4.78 is 33.2. The zero-order valence-electron chi connectivity index (χ0n) is 59.4.